The van der Waals surface area contributed by atoms with Crippen LogP contribution in [0.25, 0.3) is 0 Å². The average Bonchev–Trinajstić information content (AvgIpc) is 3.19. The molecular weight excluding hydrogens is 792 g/mol. The normalized spacial score (nSPS) is 10.8. The van der Waals surface area contributed by atoms with Crippen molar-refractivity contribution in [2.24, 2.45) is 0 Å². The first-order valence-corrected chi connectivity index (χ1v) is 19.0. The quantitative estimate of drug-likeness (QED) is 0.0251. The zero-order valence-corrected chi connectivity index (χ0v) is 32.2. The Labute approximate surface area is 339 Å². The van der Waals surface area contributed by atoms with Crippen LogP contribution in [-0.4, -0.2) is 32.0 Å². The molecule has 6 aromatic carbocycles. The molecule has 0 aliphatic carbocycles. The summed E-state index contributed by atoms with van der Waals surface area (Å²) in [4.78, 5) is 51.1. The summed E-state index contributed by atoms with van der Waals surface area (Å²) in [5, 5.41) is 50.5. The Hall–Kier alpha value is -6.55. The van der Waals surface area contributed by atoms with Crippen molar-refractivity contribution < 1.29 is 34.4 Å². The summed E-state index contributed by atoms with van der Waals surface area (Å²) in [5.74, 6) is -3.15. The third kappa shape index (κ3) is 10.4. The number of hydrogen-bond donors (Lipinski definition) is 4. The molecule has 6 rings (SSSR count). The van der Waals surface area contributed by atoms with Gasteiger partial charge < -0.3 is 25.6 Å². The molecule has 0 heterocycles. The largest absolute Gasteiger partial charge is 0.507 e. The second-order valence-electron chi connectivity index (χ2n) is 12.4. The maximum Gasteiger partial charge on any atom is 0.347 e. The molecule has 57 heavy (non-hydrogen) atoms. The number of nitro benzene ring substituents is 2. The molecule has 0 unspecified atom stereocenters. The van der Waals surface area contributed by atoms with Crippen molar-refractivity contribution in [1.82, 2.24) is 0 Å². The molecule has 13 nitrogen and oxygen atoms in total. The van der Waals surface area contributed by atoms with Crippen molar-refractivity contribution >= 4 is 69.8 Å². The van der Waals surface area contributed by atoms with Gasteiger partial charge in [0.25, 0.3) is 11.4 Å². The maximum absolute atomic E-state index is 13.4. The van der Waals surface area contributed by atoms with E-state index in [0.29, 0.717) is 27.5 Å². The van der Waals surface area contributed by atoms with E-state index in [1.54, 1.807) is 24.3 Å². The third-order valence-corrected chi connectivity index (χ3v) is 10.9. The van der Waals surface area contributed by atoms with Gasteiger partial charge in [0.2, 0.25) is 0 Å². The summed E-state index contributed by atoms with van der Waals surface area (Å²) in [6, 6.07) is 32.1. The Morgan fingerprint density at radius 3 is 1.68 bits per heavy atom. The number of nitrogens with zero attached hydrogens (tertiary/aromatic N) is 2. The Morgan fingerprint density at radius 1 is 0.684 bits per heavy atom. The molecule has 0 fully saturated rings. The molecule has 0 aromatic heterocycles. The standard InChI is InChI=1S/C41H31ClN4O9S2/c1-24-2-10-32(11-3-24)56-38-16-8-30(45(51)52)18-25(38)22-43-28-6-14-36(47)34(20-28)41(50)55-37-15-7-29(21-35(37)40(48)49)44-23-26-19-31(46(53)54)9-17-39(26)57-33-12-4-27(42)5-13-33/h2-21,43-44,47H,22-23H2,1H3,(H,48,49). The van der Waals surface area contributed by atoms with Gasteiger partial charge in [-0.15, -0.1) is 0 Å². The van der Waals surface area contributed by atoms with Crippen LogP contribution in [0.1, 0.15) is 37.4 Å². The predicted octanol–water partition coefficient (Wildman–Crippen LogP) is 10.6. The van der Waals surface area contributed by atoms with Gasteiger partial charge in [-0.25, -0.2) is 9.59 Å². The number of esters is 1. The van der Waals surface area contributed by atoms with Crippen LogP contribution >= 0.6 is 35.1 Å². The molecule has 0 saturated carbocycles. The van der Waals surface area contributed by atoms with Gasteiger partial charge in [0.15, 0.2) is 0 Å². The van der Waals surface area contributed by atoms with E-state index in [-0.39, 0.29) is 41.3 Å². The van der Waals surface area contributed by atoms with Crippen LogP contribution in [0.2, 0.25) is 5.02 Å². The zero-order valence-electron chi connectivity index (χ0n) is 29.8. The molecule has 0 spiro atoms. The number of benzene rings is 6. The van der Waals surface area contributed by atoms with Crippen molar-refractivity contribution in [3.63, 3.8) is 0 Å². The number of rotatable bonds is 15. The van der Waals surface area contributed by atoms with Gasteiger partial charge in [-0.3, -0.25) is 20.2 Å². The molecule has 0 bridgehead atoms. The van der Waals surface area contributed by atoms with E-state index >= 15 is 0 Å². The van der Waals surface area contributed by atoms with Gasteiger partial charge >= 0.3 is 11.9 Å². The highest BCUT2D eigenvalue weighted by molar-refractivity contribution is 7.99. The van der Waals surface area contributed by atoms with E-state index in [1.165, 1.54) is 84.2 Å². The highest BCUT2D eigenvalue weighted by atomic mass is 35.5. The molecular formula is C41H31ClN4O9S2. The van der Waals surface area contributed by atoms with Crippen molar-refractivity contribution in [2.45, 2.75) is 39.6 Å². The number of hydrogen-bond acceptors (Lipinski definition) is 12. The third-order valence-electron chi connectivity index (χ3n) is 8.40. The number of phenolic OH excluding ortho intramolecular Hbond substituents is 1. The average molecular weight is 823 g/mol. The Kier molecular flexibility index (Phi) is 12.6. The lowest BCUT2D eigenvalue weighted by Gasteiger charge is -2.14. The molecule has 288 valence electrons. The Balaban J connectivity index is 1.17. The van der Waals surface area contributed by atoms with Crippen LogP contribution in [-0.2, 0) is 13.1 Å². The molecule has 0 aliphatic heterocycles. The minimum atomic E-state index is -1.40. The number of non-ortho nitro benzene ring substituents is 2. The molecule has 6 aromatic rings. The number of aromatic carboxylic acids is 1. The summed E-state index contributed by atoms with van der Waals surface area (Å²) in [7, 11) is 0. The monoisotopic (exact) mass is 822 g/mol. The topological polar surface area (TPSA) is 194 Å². The highest BCUT2D eigenvalue weighted by Gasteiger charge is 2.21. The van der Waals surface area contributed by atoms with E-state index < -0.39 is 27.5 Å². The summed E-state index contributed by atoms with van der Waals surface area (Å²) >= 11 is 8.83. The smallest absolute Gasteiger partial charge is 0.347 e. The molecule has 0 atom stereocenters. The number of nitrogens with one attached hydrogen (secondary N) is 2. The van der Waals surface area contributed by atoms with E-state index in [4.69, 9.17) is 16.3 Å². The van der Waals surface area contributed by atoms with E-state index in [9.17, 15) is 40.0 Å². The van der Waals surface area contributed by atoms with Crippen molar-refractivity contribution in [2.75, 3.05) is 10.6 Å². The summed E-state index contributed by atoms with van der Waals surface area (Å²) in [6.07, 6.45) is 0. The minimum Gasteiger partial charge on any atom is -0.507 e. The second-order valence-corrected chi connectivity index (χ2v) is 15.1. The fraction of sp³-hybridized carbons (Fsp3) is 0.0732. The van der Waals surface area contributed by atoms with E-state index in [2.05, 4.69) is 10.6 Å². The number of phenols is 1. The molecule has 0 amide bonds. The second kappa shape index (κ2) is 17.9. The maximum atomic E-state index is 13.4. The number of aromatic hydroxyl groups is 1. The fourth-order valence-electron chi connectivity index (χ4n) is 5.45. The van der Waals surface area contributed by atoms with Gasteiger partial charge in [0, 0.05) is 73.3 Å². The predicted molar refractivity (Wildman–Crippen MR) is 218 cm³/mol. The summed E-state index contributed by atoms with van der Waals surface area (Å²) in [5.41, 5.74) is 2.17. The molecule has 0 aliphatic rings. The zero-order chi connectivity index (χ0) is 40.6. The highest BCUT2D eigenvalue weighted by Crippen LogP contribution is 2.36. The molecule has 0 radical (unpaired) electrons. The van der Waals surface area contributed by atoms with Gasteiger partial charge in [-0.1, -0.05) is 52.8 Å². The first kappa shape index (κ1) is 40.1. The number of nitro groups is 2. The number of carbonyl (C=O) groups excluding carboxylic acids is 1. The van der Waals surface area contributed by atoms with Gasteiger partial charge in [0.1, 0.15) is 22.6 Å². The lowest BCUT2D eigenvalue weighted by atomic mass is 10.1. The van der Waals surface area contributed by atoms with E-state index in [1.807, 2.05) is 43.3 Å². The SMILES string of the molecule is Cc1ccc(Sc2ccc([N+](=O)[O-])cc2CNc2ccc(O)c(C(=O)Oc3ccc(NCc4cc([N+](=O)[O-])ccc4Sc4ccc(Cl)cc4)cc3C(=O)O)c2)cc1. The van der Waals surface area contributed by atoms with Gasteiger partial charge in [-0.05, 0) is 103 Å². The number of ether oxygens (including phenoxy) is 1. The van der Waals surface area contributed by atoms with E-state index in [0.717, 1.165) is 25.1 Å². The minimum absolute atomic E-state index is 0.0892. The molecule has 0 saturated heterocycles. The number of aryl methyl sites for hydroxylation is 1. The summed E-state index contributed by atoms with van der Waals surface area (Å²) in [6.45, 7) is 2.19. The van der Waals surface area contributed by atoms with Crippen molar-refractivity contribution in [3.05, 3.63) is 174 Å². The first-order chi connectivity index (χ1) is 27.3. The number of carbonyl (C=O) groups is 2. The molecule has 16 heteroatoms. The fourth-order valence-corrected chi connectivity index (χ4v) is 7.43. The Bertz CT molecular complexity index is 2500. The number of halogens is 1. The van der Waals surface area contributed by atoms with Gasteiger partial charge in [0.05, 0.1) is 9.85 Å². The van der Waals surface area contributed by atoms with Crippen LogP contribution in [0.4, 0.5) is 22.7 Å². The van der Waals surface area contributed by atoms with Gasteiger partial charge in [-0.2, -0.15) is 0 Å². The lowest BCUT2D eigenvalue weighted by Crippen LogP contribution is -2.13. The van der Waals surface area contributed by atoms with Crippen LogP contribution in [0.5, 0.6) is 11.5 Å². The van der Waals surface area contributed by atoms with Crippen molar-refractivity contribution in [3.8, 4) is 11.5 Å². The van der Waals surface area contributed by atoms with Crippen LogP contribution in [0, 0.1) is 27.2 Å². The van der Waals surface area contributed by atoms with Crippen LogP contribution in [0.15, 0.2) is 141 Å². The number of carboxylic acid groups (broad SMARTS) is 1. The van der Waals surface area contributed by atoms with Crippen LogP contribution in [0.3, 0.4) is 0 Å². The lowest BCUT2D eigenvalue weighted by molar-refractivity contribution is -0.385. The number of carboxylic acids is 1. The van der Waals surface area contributed by atoms with Crippen LogP contribution < -0.4 is 15.4 Å². The Morgan fingerprint density at radius 2 is 1.18 bits per heavy atom. The van der Waals surface area contributed by atoms with Crippen molar-refractivity contribution in [1.29, 1.82) is 0 Å². The molecule has 4 N–H and O–H groups in total. The number of anilines is 2. The first-order valence-electron chi connectivity index (χ1n) is 17.0. The summed E-state index contributed by atoms with van der Waals surface area (Å²) < 4.78 is 5.48.